The van der Waals surface area contributed by atoms with E-state index in [9.17, 15) is 9.59 Å². The first-order valence-corrected chi connectivity index (χ1v) is 7.29. The van der Waals surface area contributed by atoms with Gasteiger partial charge in [0.25, 0.3) is 5.91 Å². The number of carbonyl (C=O) groups is 2. The minimum absolute atomic E-state index is 0.202. The quantitative estimate of drug-likeness (QED) is 0.870. The van der Waals surface area contributed by atoms with Gasteiger partial charge in [0, 0.05) is 0 Å². The number of thiophene rings is 1. The lowest BCUT2D eigenvalue weighted by Gasteiger charge is -2.15. The second-order valence-corrected chi connectivity index (χ2v) is 6.39. The summed E-state index contributed by atoms with van der Waals surface area (Å²) in [5.41, 5.74) is 1.78. The molecule has 2 rings (SSSR count). The summed E-state index contributed by atoms with van der Waals surface area (Å²) < 4.78 is 5.35. The van der Waals surface area contributed by atoms with Crippen LogP contribution in [0.25, 0.3) is 0 Å². The van der Waals surface area contributed by atoms with Gasteiger partial charge >= 0.3 is 5.97 Å². The highest BCUT2D eigenvalue weighted by Crippen LogP contribution is 2.35. The molecule has 0 aromatic carbocycles. The lowest BCUT2D eigenvalue weighted by Crippen LogP contribution is -2.43. The van der Waals surface area contributed by atoms with E-state index in [1.54, 1.807) is 0 Å². The van der Waals surface area contributed by atoms with Crippen LogP contribution < -0.4 is 5.32 Å². The van der Waals surface area contributed by atoms with Crippen LogP contribution in [0, 0.1) is 19.8 Å². The van der Waals surface area contributed by atoms with E-state index < -0.39 is 6.04 Å². The van der Waals surface area contributed by atoms with E-state index in [1.807, 2.05) is 13.8 Å². The van der Waals surface area contributed by atoms with Crippen molar-refractivity contribution in [2.45, 2.75) is 32.7 Å². The van der Waals surface area contributed by atoms with Crippen LogP contribution in [0.4, 0.5) is 0 Å². The van der Waals surface area contributed by atoms with Gasteiger partial charge < -0.3 is 10.1 Å². The van der Waals surface area contributed by atoms with Crippen molar-refractivity contribution in [2.24, 2.45) is 5.92 Å². The number of esters is 1. The van der Waals surface area contributed by atoms with E-state index in [4.69, 9.17) is 16.3 Å². The summed E-state index contributed by atoms with van der Waals surface area (Å²) in [6.45, 7) is 3.74. The van der Waals surface area contributed by atoms with Crippen molar-refractivity contribution in [3.63, 3.8) is 0 Å². The van der Waals surface area contributed by atoms with Crippen molar-refractivity contribution in [1.29, 1.82) is 0 Å². The molecule has 1 aliphatic carbocycles. The summed E-state index contributed by atoms with van der Waals surface area (Å²) in [5.74, 6) is -0.430. The molecule has 0 aliphatic heterocycles. The fourth-order valence-electron chi connectivity index (χ4n) is 1.91. The first kappa shape index (κ1) is 14.3. The van der Waals surface area contributed by atoms with Crippen molar-refractivity contribution in [3.8, 4) is 0 Å². The molecule has 1 aromatic heterocycles. The van der Waals surface area contributed by atoms with Crippen molar-refractivity contribution < 1.29 is 14.3 Å². The molecule has 1 unspecified atom stereocenters. The molecule has 19 heavy (non-hydrogen) atoms. The third-order valence-electron chi connectivity index (χ3n) is 3.43. The number of carbonyl (C=O) groups excluding carboxylic acids is 2. The molecule has 1 N–H and O–H groups in total. The molecule has 1 atom stereocenters. The first-order chi connectivity index (χ1) is 8.95. The van der Waals surface area contributed by atoms with Gasteiger partial charge in [0.1, 0.15) is 6.04 Å². The van der Waals surface area contributed by atoms with E-state index in [1.165, 1.54) is 18.4 Å². The summed E-state index contributed by atoms with van der Waals surface area (Å²) in [5, 5.41) is 2.77. The molecule has 1 amide bonds. The predicted octanol–water partition coefficient (Wildman–Crippen LogP) is 2.70. The molecule has 0 radical (unpaired) electrons. The maximum atomic E-state index is 12.2. The lowest BCUT2D eigenvalue weighted by atomic mass is 10.1. The number of halogens is 1. The molecule has 1 aliphatic rings. The van der Waals surface area contributed by atoms with Gasteiger partial charge in [-0.2, -0.15) is 0 Å². The lowest BCUT2D eigenvalue weighted by molar-refractivity contribution is -0.143. The fraction of sp³-hybridized carbons (Fsp3) is 0.538. The molecule has 6 heteroatoms. The van der Waals surface area contributed by atoms with Gasteiger partial charge in [0.2, 0.25) is 0 Å². The maximum Gasteiger partial charge on any atom is 0.328 e. The van der Waals surface area contributed by atoms with Crippen LogP contribution in [0.1, 0.15) is 33.6 Å². The fourth-order valence-corrected chi connectivity index (χ4v) is 3.23. The molecule has 104 valence electrons. The highest BCUT2D eigenvalue weighted by molar-refractivity contribution is 7.18. The van der Waals surface area contributed by atoms with Gasteiger partial charge in [-0.3, -0.25) is 4.79 Å². The van der Waals surface area contributed by atoms with Crippen molar-refractivity contribution in [3.05, 3.63) is 20.3 Å². The van der Waals surface area contributed by atoms with Crippen LogP contribution in [-0.4, -0.2) is 25.0 Å². The Morgan fingerprint density at radius 3 is 2.42 bits per heavy atom. The number of hydrogen-bond acceptors (Lipinski definition) is 4. The minimum atomic E-state index is -0.543. The highest BCUT2D eigenvalue weighted by atomic mass is 35.5. The van der Waals surface area contributed by atoms with Gasteiger partial charge in [0.15, 0.2) is 0 Å². The predicted molar refractivity (Wildman–Crippen MR) is 74.8 cm³/mol. The summed E-state index contributed by atoms with van der Waals surface area (Å²) in [6.07, 6.45) is 1.90. The minimum Gasteiger partial charge on any atom is -0.467 e. The third-order valence-corrected chi connectivity index (χ3v) is 5.13. The van der Waals surface area contributed by atoms with Gasteiger partial charge in [-0.05, 0) is 43.7 Å². The SMILES string of the molecule is COC(=O)C(NC(=O)c1sc(Cl)c(C)c1C)C1CC1. The van der Waals surface area contributed by atoms with Gasteiger partial charge in [-0.1, -0.05) is 11.6 Å². The molecule has 0 bridgehead atoms. The van der Waals surface area contributed by atoms with E-state index in [0.29, 0.717) is 9.21 Å². The van der Waals surface area contributed by atoms with Crippen LogP contribution in [-0.2, 0) is 9.53 Å². The molecule has 1 saturated carbocycles. The number of ether oxygens (including phenoxy) is 1. The Morgan fingerprint density at radius 1 is 1.37 bits per heavy atom. The second kappa shape index (κ2) is 5.51. The van der Waals surface area contributed by atoms with Gasteiger partial charge in [-0.15, -0.1) is 11.3 Å². The van der Waals surface area contributed by atoms with Crippen molar-refractivity contribution in [2.75, 3.05) is 7.11 Å². The first-order valence-electron chi connectivity index (χ1n) is 6.10. The maximum absolute atomic E-state index is 12.2. The van der Waals surface area contributed by atoms with Crippen LogP contribution in [0.5, 0.6) is 0 Å². The monoisotopic (exact) mass is 301 g/mol. The number of amides is 1. The van der Waals surface area contributed by atoms with Crippen LogP contribution in [0.2, 0.25) is 4.34 Å². The second-order valence-electron chi connectivity index (χ2n) is 4.77. The van der Waals surface area contributed by atoms with Crippen LogP contribution in [0.3, 0.4) is 0 Å². The summed E-state index contributed by atoms with van der Waals surface area (Å²) in [6, 6.07) is -0.543. The topological polar surface area (TPSA) is 55.4 Å². The zero-order valence-corrected chi connectivity index (χ0v) is 12.7. The molecular weight excluding hydrogens is 286 g/mol. The largest absolute Gasteiger partial charge is 0.467 e. The smallest absolute Gasteiger partial charge is 0.328 e. The zero-order valence-electron chi connectivity index (χ0n) is 11.1. The summed E-state index contributed by atoms with van der Waals surface area (Å²) >= 11 is 7.27. The number of nitrogens with one attached hydrogen (secondary N) is 1. The highest BCUT2D eigenvalue weighted by Gasteiger charge is 2.38. The Hall–Kier alpha value is -1.07. The number of hydrogen-bond donors (Lipinski definition) is 1. The average Bonchev–Trinajstić information content (AvgIpc) is 3.19. The van der Waals surface area contributed by atoms with Gasteiger partial charge in [0.05, 0.1) is 16.3 Å². The van der Waals surface area contributed by atoms with Crippen molar-refractivity contribution in [1.82, 2.24) is 5.32 Å². The summed E-state index contributed by atoms with van der Waals surface area (Å²) in [7, 11) is 1.33. The Labute approximate surface area is 121 Å². The molecule has 1 fully saturated rings. The van der Waals surface area contributed by atoms with Crippen molar-refractivity contribution >= 4 is 34.8 Å². The standard InChI is InChI=1S/C13H16ClNO3S/c1-6-7(2)11(14)19-10(6)12(16)15-9(8-4-5-8)13(17)18-3/h8-9H,4-5H2,1-3H3,(H,15,16). The van der Waals surface area contributed by atoms with E-state index in [-0.39, 0.29) is 17.8 Å². The van der Waals surface area contributed by atoms with Crippen LogP contribution in [0.15, 0.2) is 0 Å². The average molecular weight is 302 g/mol. The molecule has 1 aromatic rings. The van der Waals surface area contributed by atoms with E-state index >= 15 is 0 Å². The molecule has 0 saturated heterocycles. The Morgan fingerprint density at radius 2 is 2.00 bits per heavy atom. The number of methoxy groups -OCH3 is 1. The third kappa shape index (κ3) is 2.92. The molecule has 4 nitrogen and oxygen atoms in total. The number of rotatable bonds is 4. The summed E-state index contributed by atoms with van der Waals surface area (Å²) in [4.78, 5) is 24.5. The van der Waals surface area contributed by atoms with Crippen LogP contribution >= 0.6 is 22.9 Å². The van der Waals surface area contributed by atoms with E-state index in [2.05, 4.69) is 5.32 Å². The molecule has 1 heterocycles. The Bertz CT molecular complexity index is 522. The Balaban J connectivity index is 2.15. The Kier molecular flexibility index (Phi) is 4.16. The normalized spacial score (nSPS) is 16.0. The van der Waals surface area contributed by atoms with E-state index in [0.717, 1.165) is 24.0 Å². The molecular formula is C13H16ClNO3S. The zero-order chi connectivity index (χ0) is 14.2. The van der Waals surface area contributed by atoms with Gasteiger partial charge in [-0.25, -0.2) is 4.79 Å². The molecule has 0 spiro atoms.